The van der Waals surface area contributed by atoms with Crippen LogP contribution in [0.5, 0.6) is 0 Å². The van der Waals surface area contributed by atoms with Crippen LogP contribution in [0.2, 0.25) is 0 Å². The largest absolute Gasteiger partial charge is 0.314 e. The lowest BCUT2D eigenvalue weighted by atomic mass is 9.86. The van der Waals surface area contributed by atoms with Gasteiger partial charge in [-0.15, -0.1) is 17.3 Å². The first kappa shape index (κ1) is 12.6. The summed E-state index contributed by atoms with van der Waals surface area (Å²) in [5, 5.41) is 0. The van der Waals surface area contributed by atoms with Crippen LogP contribution in [-0.2, 0) is 4.79 Å². The number of anilines is 1. The molecule has 18 heavy (non-hydrogen) atoms. The number of ketones is 1. The number of rotatable bonds is 2. The fraction of sp³-hybridized carbons (Fsp3) is 0.214. The molecule has 1 aliphatic rings. The van der Waals surface area contributed by atoms with Gasteiger partial charge in [-0.1, -0.05) is 18.7 Å². The Morgan fingerprint density at radius 2 is 2.11 bits per heavy atom. The number of para-hydroxylation sites is 1. The molecule has 4 heteroatoms. The average molecular weight is 262 g/mol. The van der Waals surface area contributed by atoms with Gasteiger partial charge < -0.3 is 4.90 Å². The Kier molecular flexibility index (Phi) is 3.37. The lowest BCUT2D eigenvalue weighted by molar-refractivity contribution is -0.120. The van der Waals surface area contributed by atoms with Crippen molar-refractivity contribution in [1.29, 1.82) is 0 Å². The van der Waals surface area contributed by atoms with E-state index in [1.807, 2.05) is 0 Å². The third kappa shape index (κ3) is 1.78. The van der Waals surface area contributed by atoms with Gasteiger partial charge in [0.25, 0.3) is 0 Å². The normalized spacial score (nSPS) is 18.3. The highest BCUT2D eigenvalue weighted by Gasteiger charge is 2.39. The SMILES string of the molecule is C=C=C(CCl)C1C(=O)c2ccccc2N(C)C1=O. The highest BCUT2D eigenvalue weighted by Crippen LogP contribution is 2.32. The van der Waals surface area contributed by atoms with Gasteiger partial charge >= 0.3 is 0 Å². The molecular weight excluding hydrogens is 250 g/mol. The van der Waals surface area contributed by atoms with Crippen molar-refractivity contribution in [1.82, 2.24) is 0 Å². The number of alkyl halides is 1. The first-order chi connectivity index (χ1) is 8.61. The van der Waals surface area contributed by atoms with Gasteiger partial charge in [-0.25, -0.2) is 0 Å². The molecule has 0 fully saturated rings. The predicted molar refractivity (Wildman–Crippen MR) is 71.0 cm³/mol. The van der Waals surface area contributed by atoms with E-state index in [9.17, 15) is 9.59 Å². The number of carbonyl (C=O) groups is 2. The van der Waals surface area contributed by atoms with Gasteiger partial charge in [-0.3, -0.25) is 9.59 Å². The number of hydrogen-bond donors (Lipinski definition) is 0. The van der Waals surface area contributed by atoms with Crippen molar-refractivity contribution < 1.29 is 9.59 Å². The minimum atomic E-state index is -0.889. The maximum absolute atomic E-state index is 12.3. The van der Waals surface area contributed by atoms with E-state index in [2.05, 4.69) is 12.3 Å². The number of hydrogen-bond acceptors (Lipinski definition) is 2. The van der Waals surface area contributed by atoms with Crippen molar-refractivity contribution >= 4 is 29.0 Å². The number of benzene rings is 1. The lowest BCUT2D eigenvalue weighted by Gasteiger charge is -2.30. The van der Waals surface area contributed by atoms with Crippen LogP contribution in [-0.4, -0.2) is 24.6 Å². The lowest BCUT2D eigenvalue weighted by Crippen LogP contribution is -2.43. The molecule has 2 rings (SSSR count). The van der Waals surface area contributed by atoms with Gasteiger partial charge in [0.15, 0.2) is 5.78 Å². The zero-order valence-corrected chi connectivity index (χ0v) is 10.7. The summed E-state index contributed by atoms with van der Waals surface area (Å²) in [4.78, 5) is 26.0. The molecule has 1 aromatic carbocycles. The van der Waals surface area contributed by atoms with Crippen LogP contribution in [0.1, 0.15) is 10.4 Å². The smallest absolute Gasteiger partial charge is 0.242 e. The number of nitrogens with zero attached hydrogens (tertiary/aromatic N) is 1. The number of fused-ring (bicyclic) bond motifs is 1. The Morgan fingerprint density at radius 1 is 1.44 bits per heavy atom. The highest BCUT2D eigenvalue weighted by molar-refractivity contribution is 6.25. The number of halogens is 1. The van der Waals surface area contributed by atoms with E-state index in [4.69, 9.17) is 11.6 Å². The second-order valence-electron chi connectivity index (χ2n) is 4.05. The Balaban J connectivity index is 2.59. The van der Waals surface area contributed by atoms with E-state index < -0.39 is 5.92 Å². The van der Waals surface area contributed by atoms with E-state index in [0.29, 0.717) is 16.8 Å². The molecule has 0 radical (unpaired) electrons. The van der Waals surface area contributed by atoms with E-state index in [1.54, 1.807) is 31.3 Å². The fourth-order valence-electron chi connectivity index (χ4n) is 2.09. The summed E-state index contributed by atoms with van der Waals surface area (Å²) in [7, 11) is 1.65. The molecule has 1 aliphatic heterocycles. The molecule has 92 valence electrons. The van der Waals surface area contributed by atoms with Crippen LogP contribution in [0.3, 0.4) is 0 Å². The van der Waals surface area contributed by atoms with Crippen molar-refractivity contribution in [3.8, 4) is 0 Å². The first-order valence-electron chi connectivity index (χ1n) is 5.47. The molecule has 0 saturated carbocycles. The summed E-state index contributed by atoms with van der Waals surface area (Å²) in [6.45, 7) is 3.49. The molecule has 0 bridgehead atoms. The summed E-state index contributed by atoms with van der Waals surface area (Å²) in [6.07, 6.45) is 0. The van der Waals surface area contributed by atoms with E-state index >= 15 is 0 Å². The summed E-state index contributed by atoms with van der Waals surface area (Å²) in [5.41, 5.74) is 4.18. The molecule has 3 nitrogen and oxygen atoms in total. The summed E-state index contributed by atoms with van der Waals surface area (Å²) < 4.78 is 0. The van der Waals surface area contributed by atoms with Crippen molar-refractivity contribution in [3.63, 3.8) is 0 Å². The van der Waals surface area contributed by atoms with E-state index in [-0.39, 0.29) is 17.6 Å². The molecule has 0 aliphatic carbocycles. The first-order valence-corrected chi connectivity index (χ1v) is 6.00. The fourth-order valence-corrected chi connectivity index (χ4v) is 2.34. The van der Waals surface area contributed by atoms with Crippen molar-refractivity contribution in [2.45, 2.75) is 0 Å². The molecule has 1 unspecified atom stereocenters. The van der Waals surface area contributed by atoms with E-state index in [1.165, 1.54) is 4.90 Å². The second kappa shape index (κ2) is 4.81. The van der Waals surface area contributed by atoms with Gasteiger partial charge in [0.05, 0.1) is 11.6 Å². The number of amides is 1. The maximum atomic E-state index is 12.3. The molecule has 1 heterocycles. The van der Waals surface area contributed by atoms with Crippen LogP contribution in [0.25, 0.3) is 0 Å². The van der Waals surface area contributed by atoms with Gasteiger partial charge in [-0.2, -0.15) is 0 Å². The van der Waals surface area contributed by atoms with Gasteiger partial charge in [0, 0.05) is 18.2 Å². The van der Waals surface area contributed by atoms with Gasteiger partial charge in [0.2, 0.25) is 5.91 Å². The number of Topliss-reactive ketones (excluding diaryl/α,β-unsaturated/α-hetero) is 1. The average Bonchev–Trinajstić information content (AvgIpc) is 2.41. The third-order valence-electron chi connectivity index (χ3n) is 3.09. The molecule has 0 aromatic heterocycles. The molecule has 1 aromatic rings. The summed E-state index contributed by atoms with van der Waals surface area (Å²) >= 11 is 5.74. The van der Waals surface area contributed by atoms with Crippen LogP contribution >= 0.6 is 11.6 Å². The monoisotopic (exact) mass is 261 g/mol. The van der Waals surface area contributed by atoms with Crippen LogP contribution in [0.4, 0.5) is 5.69 Å². The molecule has 1 amide bonds. The second-order valence-corrected chi connectivity index (χ2v) is 4.31. The Morgan fingerprint density at radius 3 is 2.72 bits per heavy atom. The minimum Gasteiger partial charge on any atom is -0.314 e. The van der Waals surface area contributed by atoms with Crippen LogP contribution in [0, 0.1) is 5.92 Å². The Labute approximate surface area is 110 Å². The van der Waals surface area contributed by atoms with Crippen molar-refractivity contribution in [2.75, 3.05) is 17.8 Å². The molecule has 0 saturated heterocycles. The zero-order chi connectivity index (χ0) is 13.3. The quantitative estimate of drug-likeness (QED) is 0.466. The summed E-state index contributed by atoms with van der Waals surface area (Å²) in [5.74, 6) is -1.34. The standard InChI is InChI=1S/C14H12ClNO2/c1-3-9(8-15)12-13(17)10-6-4-5-7-11(10)16(2)14(12)18/h4-7,12H,1,8H2,2H3. The van der Waals surface area contributed by atoms with E-state index in [0.717, 1.165) is 0 Å². The van der Waals surface area contributed by atoms with Gasteiger partial charge in [-0.05, 0) is 12.1 Å². The predicted octanol–water partition coefficient (Wildman–Crippen LogP) is 2.41. The molecular formula is C14H12ClNO2. The number of carbonyl (C=O) groups excluding carboxylic acids is 2. The summed E-state index contributed by atoms with van der Waals surface area (Å²) in [6, 6.07) is 7.03. The third-order valence-corrected chi connectivity index (χ3v) is 3.38. The topological polar surface area (TPSA) is 37.4 Å². The van der Waals surface area contributed by atoms with Crippen molar-refractivity contribution in [3.05, 3.63) is 47.7 Å². The molecule has 0 spiro atoms. The minimum absolute atomic E-state index is 0.0711. The molecule has 0 N–H and O–H groups in total. The van der Waals surface area contributed by atoms with Gasteiger partial charge in [0.1, 0.15) is 5.92 Å². The Hall–Kier alpha value is -1.83. The van der Waals surface area contributed by atoms with Crippen LogP contribution in [0.15, 0.2) is 42.1 Å². The zero-order valence-electron chi connectivity index (χ0n) is 9.94. The van der Waals surface area contributed by atoms with Crippen LogP contribution < -0.4 is 4.90 Å². The highest BCUT2D eigenvalue weighted by atomic mass is 35.5. The Bertz CT molecular complexity index is 573. The van der Waals surface area contributed by atoms with Crippen molar-refractivity contribution in [2.24, 2.45) is 5.92 Å². The molecule has 1 atom stereocenters. The maximum Gasteiger partial charge on any atom is 0.242 e.